The molecule has 0 amide bonds. The van der Waals surface area contributed by atoms with E-state index in [-0.39, 0.29) is 0 Å². The molecule has 1 aliphatic rings. The Hall–Kier alpha value is -0.590. The van der Waals surface area contributed by atoms with Crippen molar-refractivity contribution in [2.24, 2.45) is 0 Å². The Kier molecular flexibility index (Phi) is 11.5. The molecule has 21 heavy (non-hydrogen) atoms. The summed E-state index contributed by atoms with van der Waals surface area (Å²) in [6.07, 6.45) is 22.4. The van der Waals surface area contributed by atoms with E-state index in [0.717, 1.165) is 12.8 Å². The highest BCUT2D eigenvalue weighted by molar-refractivity contribution is 5.90. The zero-order valence-electron chi connectivity index (χ0n) is 14.3. The lowest BCUT2D eigenvalue weighted by Gasteiger charge is -2.12. The summed E-state index contributed by atoms with van der Waals surface area (Å²) in [5.74, 6) is 0.381. The Bertz CT molecular complexity index is 282. The van der Waals surface area contributed by atoms with Crippen LogP contribution in [0.2, 0.25) is 0 Å². The average Bonchev–Trinajstić information content (AvgIpc) is 2.50. The predicted octanol–water partition coefficient (Wildman–Crippen LogP) is 6.76. The topological polar surface area (TPSA) is 17.1 Å². The van der Waals surface area contributed by atoms with E-state index in [0.29, 0.717) is 5.78 Å². The van der Waals surface area contributed by atoms with Gasteiger partial charge in [0.25, 0.3) is 0 Å². The van der Waals surface area contributed by atoms with Crippen LogP contribution in [-0.4, -0.2) is 5.78 Å². The molecule has 0 aromatic rings. The minimum atomic E-state index is 0.381. The number of allylic oxidation sites excluding steroid dienone is 2. The van der Waals surface area contributed by atoms with Crippen LogP contribution in [0.3, 0.4) is 0 Å². The molecule has 0 bridgehead atoms. The molecule has 1 rings (SSSR count). The van der Waals surface area contributed by atoms with Crippen LogP contribution in [-0.2, 0) is 4.79 Å². The third-order valence-corrected chi connectivity index (χ3v) is 4.64. The van der Waals surface area contributed by atoms with Gasteiger partial charge in [0.2, 0.25) is 0 Å². The molecule has 1 aliphatic carbocycles. The van der Waals surface area contributed by atoms with Crippen molar-refractivity contribution >= 4 is 5.78 Å². The summed E-state index contributed by atoms with van der Waals surface area (Å²) in [7, 11) is 0. The Morgan fingerprint density at radius 1 is 0.810 bits per heavy atom. The fourth-order valence-electron chi connectivity index (χ4n) is 3.24. The van der Waals surface area contributed by atoms with Gasteiger partial charge in [-0.15, -0.1) is 0 Å². The van der Waals surface area contributed by atoms with Crippen molar-refractivity contribution in [3.63, 3.8) is 0 Å². The van der Waals surface area contributed by atoms with E-state index in [2.05, 4.69) is 6.92 Å². The molecule has 0 spiro atoms. The van der Waals surface area contributed by atoms with Crippen LogP contribution in [0.5, 0.6) is 0 Å². The van der Waals surface area contributed by atoms with Crippen molar-refractivity contribution in [3.8, 4) is 0 Å². The standard InChI is InChI=1S/C20H36O/c1-2-3-4-5-6-7-8-9-10-14-17-20(21)18-19-15-12-11-13-16-19/h18H,2-17H2,1H3. The molecule has 0 heterocycles. The Balaban J connectivity index is 1.88. The van der Waals surface area contributed by atoms with E-state index in [1.807, 2.05) is 6.08 Å². The van der Waals surface area contributed by atoms with Crippen LogP contribution in [0.15, 0.2) is 11.6 Å². The Labute approximate surface area is 132 Å². The summed E-state index contributed by atoms with van der Waals surface area (Å²) in [6, 6.07) is 0. The molecule has 1 nitrogen and oxygen atoms in total. The van der Waals surface area contributed by atoms with E-state index in [1.54, 1.807) is 0 Å². The molecule has 0 aromatic carbocycles. The molecule has 1 heteroatoms. The van der Waals surface area contributed by atoms with Gasteiger partial charge in [0.1, 0.15) is 0 Å². The summed E-state index contributed by atoms with van der Waals surface area (Å²) in [6.45, 7) is 2.27. The maximum absolute atomic E-state index is 11.9. The second kappa shape index (κ2) is 13.1. The van der Waals surface area contributed by atoms with Crippen molar-refractivity contribution in [1.29, 1.82) is 0 Å². The molecule has 0 unspecified atom stereocenters. The van der Waals surface area contributed by atoms with Crippen LogP contribution in [0.1, 0.15) is 110 Å². The maximum atomic E-state index is 11.9. The first-order valence-corrected chi connectivity index (χ1v) is 9.55. The maximum Gasteiger partial charge on any atom is 0.155 e. The van der Waals surface area contributed by atoms with Gasteiger partial charge < -0.3 is 0 Å². The summed E-state index contributed by atoms with van der Waals surface area (Å²) in [5, 5.41) is 0. The molecule has 122 valence electrons. The zero-order valence-corrected chi connectivity index (χ0v) is 14.3. The lowest BCUT2D eigenvalue weighted by molar-refractivity contribution is -0.114. The van der Waals surface area contributed by atoms with Gasteiger partial charge in [0.15, 0.2) is 5.78 Å². The van der Waals surface area contributed by atoms with Crippen LogP contribution in [0, 0.1) is 0 Å². The van der Waals surface area contributed by atoms with Gasteiger partial charge in [0.05, 0.1) is 0 Å². The average molecular weight is 293 g/mol. The first kappa shape index (κ1) is 18.5. The highest BCUT2D eigenvalue weighted by Gasteiger charge is 2.07. The second-order valence-electron chi connectivity index (χ2n) is 6.76. The molecule has 0 aromatic heterocycles. The van der Waals surface area contributed by atoms with Crippen molar-refractivity contribution in [1.82, 2.24) is 0 Å². The fraction of sp³-hybridized carbons (Fsp3) is 0.850. The van der Waals surface area contributed by atoms with Crippen LogP contribution >= 0.6 is 0 Å². The predicted molar refractivity (Wildman–Crippen MR) is 92.6 cm³/mol. The van der Waals surface area contributed by atoms with Crippen LogP contribution in [0.25, 0.3) is 0 Å². The first-order chi connectivity index (χ1) is 10.3. The monoisotopic (exact) mass is 292 g/mol. The van der Waals surface area contributed by atoms with Gasteiger partial charge in [0, 0.05) is 6.42 Å². The van der Waals surface area contributed by atoms with Crippen molar-refractivity contribution < 1.29 is 4.79 Å². The van der Waals surface area contributed by atoms with E-state index >= 15 is 0 Å². The van der Waals surface area contributed by atoms with Crippen LogP contribution in [0.4, 0.5) is 0 Å². The minimum Gasteiger partial charge on any atom is -0.295 e. The summed E-state index contributed by atoms with van der Waals surface area (Å²) < 4.78 is 0. The SMILES string of the molecule is CCCCCCCCCCCCC(=O)C=C1CCCCC1. The van der Waals surface area contributed by atoms with Gasteiger partial charge >= 0.3 is 0 Å². The number of hydrogen-bond acceptors (Lipinski definition) is 1. The first-order valence-electron chi connectivity index (χ1n) is 9.55. The summed E-state index contributed by atoms with van der Waals surface area (Å²) in [5.41, 5.74) is 1.42. The molecule has 0 aliphatic heterocycles. The minimum absolute atomic E-state index is 0.381. The van der Waals surface area contributed by atoms with Gasteiger partial charge in [-0.2, -0.15) is 0 Å². The van der Waals surface area contributed by atoms with E-state index in [4.69, 9.17) is 0 Å². The van der Waals surface area contributed by atoms with Crippen molar-refractivity contribution in [3.05, 3.63) is 11.6 Å². The summed E-state index contributed by atoms with van der Waals surface area (Å²) in [4.78, 5) is 11.9. The smallest absolute Gasteiger partial charge is 0.155 e. The summed E-state index contributed by atoms with van der Waals surface area (Å²) >= 11 is 0. The molecular formula is C20H36O. The molecular weight excluding hydrogens is 256 g/mol. The lowest BCUT2D eigenvalue weighted by atomic mass is 9.93. The third kappa shape index (κ3) is 10.7. The van der Waals surface area contributed by atoms with Gasteiger partial charge in [-0.3, -0.25) is 4.79 Å². The lowest BCUT2D eigenvalue weighted by Crippen LogP contribution is -1.99. The van der Waals surface area contributed by atoms with Gasteiger partial charge in [-0.25, -0.2) is 0 Å². The molecule has 0 radical (unpaired) electrons. The molecule has 0 saturated heterocycles. The molecule has 0 atom stereocenters. The molecule has 0 N–H and O–H groups in total. The van der Waals surface area contributed by atoms with E-state index in [9.17, 15) is 4.79 Å². The largest absolute Gasteiger partial charge is 0.295 e. The number of hydrogen-bond donors (Lipinski definition) is 0. The molecule has 1 fully saturated rings. The highest BCUT2D eigenvalue weighted by atomic mass is 16.1. The normalized spacial score (nSPS) is 15.2. The van der Waals surface area contributed by atoms with Gasteiger partial charge in [-0.05, 0) is 38.2 Å². The second-order valence-corrected chi connectivity index (χ2v) is 6.76. The number of rotatable bonds is 12. The molecule has 1 saturated carbocycles. The van der Waals surface area contributed by atoms with Crippen molar-refractivity contribution in [2.75, 3.05) is 0 Å². The number of carbonyl (C=O) groups excluding carboxylic acids is 1. The Morgan fingerprint density at radius 2 is 1.33 bits per heavy atom. The highest BCUT2D eigenvalue weighted by Crippen LogP contribution is 2.23. The van der Waals surface area contributed by atoms with Crippen LogP contribution < -0.4 is 0 Å². The quantitative estimate of drug-likeness (QED) is 0.287. The third-order valence-electron chi connectivity index (χ3n) is 4.64. The Morgan fingerprint density at radius 3 is 1.90 bits per heavy atom. The number of ketones is 1. The number of carbonyl (C=O) groups is 1. The van der Waals surface area contributed by atoms with Crippen molar-refractivity contribution in [2.45, 2.75) is 110 Å². The van der Waals surface area contributed by atoms with Gasteiger partial charge in [-0.1, -0.05) is 76.7 Å². The fourth-order valence-corrected chi connectivity index (χ4v) is 3.24. The number of unbranched alkanes of at least 4 members (excludes halogenated alkanes) is 9. The van der Waals surface area contributed by atoms with E-state index < -0.39 is 0 Å². The zero-order chi connectivity index (χ0) is 15.2. The van der Waals surface area contributed by atoms with E-state index in [1.165, 1.54) is 95.5 Å².